The molecule has 7 atom stereocenters. The Morgan fingerprint density at radius 2 is 1.86 bits per heavy atom. The Bertz CT molecular complexity index is 1090. The number of Topliss-reactive ketones (excluding diaryl/α,β-unsaturated/α-hetero) is 1. The number of ether oxygens (including phenoxy) is 3. The molecule has 37 heavy (non-hydrogen) atoms. The van der Waals surface area contributed by atoms with Gasteiger partial charge in [-0.3, -0.25) is 9.59 Å². The van der Waals surface area contributed by atoms with Crippen molar-refractivity contribution in [2.45, 2.75) is 64.4 Å². The fraction of sp³-hybridized carbons (Fsp3) is 0.556. The monoisotopic (exact) mass is 536 g/mol. The van der Waals surface area contributed by atoms with Gasteiger partial charge in [0.2, 0.25) is 0 Å². The minimum Gasteiger partial charge on any atom is -0.458 e. The second kappa shape index (κ2) is 11.3. The first-order valence-corrected chi connectivity index (χ1v) is 12.6. The molecule has 3 rings (SSSR count). The number of esters is 3. The van der Waals surface area contributed by atoms with Crippen molar-refractivity contribution in [3.8, 4) is 0 Å². The zero-order valence-electron chi connectivity index (χ0n) is 21.4. The standard InChI is InChI=1S/C27H33ClO9/c1-6-16(9-18(31)17(7-2)11-29)26(33)36-20-10-27(34,12-28)23-19(35-15(5)30)8-13(3)21(23)24-22(20)14(4)25(32)37-24/h6-8,19-24,29,34H,4,9-12H2,1-3,5H3/b16-6+,17-7+/t19-,20-,21+,22-,23-,24+,27+/m1/s1. The van der Waals surface area contributed by atoms with E-state index in [2.05, 4.69) is 6.58 Å². The van der Waals surface area contributed by atoms with Gasteiger partial charge in [0.15, 0.2) is 5.78 Å². The minimum absolute atomic E-state index is 0.0536. The second-order valence-corrected chi connectivity index (χ2v) is 10.00. The van der Waals surface area contributed by atoms with Crippen molar-refractivity contribution in [1.29, 1.82) is 0 Å². The van der Waals surface area contributed by atoms with E-state index in [4.69, 9.17) is 25.8 Å². The van der Waals surface area contributed by atoms with Crippen molar-refractivity contribution >= 4 is 35.3 Å². The molecule has 2 N–H and O–H groups in total. The van der Waals surface area contributed by atoms with Gasteiger partial charge in [-0.05, 0) is 26.8 Å². The summed E-state index contributed by atoms with van der Waals surface area (Å²) in [7, 11) is 0. The number of hydrogen-bond donors (Lipinski definition) is 2. The summed E-state index contributed by atoms with van der Waals surface area (Å²) in [6, 6.07) is 0. The molecule has 0 aromatic rings. The number of aliphatic hydroxyl groups excluding tert-OH is 1. The summed E-state index contributed by atoms with van der Waals surface area (Å²) in [6.45, 7) is 9.63. The molecule has 0 spiro atoms. The molecule has 0 unspecified atom stereocenters. The first kappa shape index (κ1) is 28.8. The summed E-state index contributed by atoms with van der Waals surface area (Å²) in [5.74, 6) is -4.81. The van der Waals surface area contributed by atoms with Crippen LogP contribution in [0.1, 0.15) is 40.5 Å². The highest BCUT2D eigenvalue weighted by atomic mass is 35.5. The first-order chi connectivity index (χ1) is 17.4. The third-order valence-corrected chi connectivity index (χ3v) is 7.98. The van der Waals surface area contributed by atoms with Crippen LogP contribution in [0.2, 0.25) is 0 Å². The quantitative estimate of drug-likeness (QED) is 0.157. The van der Waals surface area contributed by atoms with Gasteiger partial charge >= 0.3 is 17.9 Å². The van der Waals surface area contributed by atoms with Gasteiger partial charge in [0.25, 0.3) is 0 Å². The largest absolute Gasteiger partial charge is 0.458 e. The van der Waals surface area contributed by atoms with E-state index in [0.717, 1.165) is 5.57 Å². The van der Waals surface area contributed by atoms with Crippen molar-refractivity contribution in [3.05, 3.63) is 47.1 Å². The summed E-state index contributed by atoms with van der Waals surface area (Å²) >= 11 is 6.29. The molecule has 0 aromatic carbocycles. The van der Waals surface area contributed by atoms with E-state index < -0.39 is 72.0 Å². The van der Waals surface area contributed by atoms with Gasteiger partial charge in [-0.25, -0.2) is 9.59 Å². The number of ketones is 1. The van der Waals surface area contributed by atoms with E-state index in [0.29, 0.717) is 0 Å². The maximum absolute atomic E-state index is 13.2. The minimum atomic E-state index is -1.66. The molecule has 1 saturated carbocycles. The van der Waals surface area contributed by atoms with Gasteiger partial charge in [0, 0.05) is 48.3 Å². The SMILES string of the molecule is C=C1C(=O)O[C@H]2[C@H]3C(C)=C[C@@H](OC(C)=O)[C@H]3[C@@](O)(CCl)C[C@@H](OC(=O)/C(=C/C)CC(=O)/C(=C/C)CO)[C@@H]12. The predicted octanol–water partition coefficient (Wildman–Crippen LogP) is 2.34. The maximum atomic E-state index is 13.2. The molecule has 2 fully saturated rings. The average molecular weight is 537 g/mol. The molecule has 1 saturated heterocycles. The number of rotatable bonds is 8. The lowest BCUT2D eigenvalue weighted by molar-refractivity contribution is -0.157. The highest BCUT2D eigenvalue weighted by molar-refractivity contribution is 6.18. The van der Waals surface area contributed by atoms with E-state index >= 15 is 0 Å². The molecule has 9 nitrogen and oxygen atoms in total. The molecular weight excluding hydrogens is 504 g/mol. The van der Waals surface area contributed by atoms with Crippen LogP contribution in [0.3, 0.4) is 0 Å². The fourth-order valence-electron chi connectivity index (χ4n) is 5.71. The Kier molecular flexibility index (Phi) is 8.82. The van der Waals surface area contributed by atoms with Crippen molar-refractivity contribution in [2.75, 3.05) is 12.5 Å². The van der Waals surface area contributed by atoms with Crippen LogP contribution in [0.5, 0.6) is 0 Å². The molecule has 0 aromatic heterocycles. The molecule has 202 valence electrons. The smallest absolute Gasteiger partial charge is 0.334 e. The number of allylic oxidation sites excluding steroid dienone is 2. The normalized spacial score (nSPS) is 33.6. The van der Waals surface area contributed by atoms with Crippen LogP contribution in [0, 0.1) is 17.8 Å². The number of aliphatic hydroxyl groups is 2. The van der Waals surface area contributed by atoms with Crippen LogP contribution in [0.4, 0.5) is 0 Å². The number of halogens is 1. The van der Waals surface area contributed by atoms with E-state index in [1.807, 2.05) is 0 Å². The van der Waals surface area contributed by atoms with E-state index in [9.17, 15) is 29.4 Å². The van der Waals surface area contributed by atoms with Crippen molar-refractivity contribution in [3.63, 3.8) is 0 Å². The van der Waals surface area contributed by atoms with E-state index in [-0.39, 0.29) is 35.4 Å². The Morgan fingerprint density at radius 3 is 2.41 bits per heavy atom. The highest BCUT2D eigenvalue weighted by Crippen LogP contribution is 2.54. The van der Waals surface area contributed by atoms with Crippen molar-refractivity contribution in [1.82, 2.24) is 0 Å². The lowest BCUT2D eigenvalue weighted by atomic mass is 9.75. The van der Waals surface area contributed by atoms with Crippen LogP contribution in [-0.2, 0) is 33.4 Å². The van der Waals surface area contributed by atoms with Crippen molar-refractivity contribution < 1.29 is 43.6 Å². The Hall–Kier alpha value is -2.75. The van der Waals surface area contributed by atoms with Gasteiger partial charge in [-0.1, -0.05) is 24.3 Å². The lowest BCUT2D eigenvalue weighted by Crippen LogP contribution is -2.50. The highest BCUT2D eigenvalue weighted by Gasteiger charge is 2.62. The van der Waals surface area contributed by atoms with Crippen LogP contribution in [-0.4, -0.2) is 70.3 Å². The third-order valence-electron chi connectivity index (χ3n) is 7.52. The number of hydrogen-bond acceptors (Lipinski definition) is 9. The number of alkyl halides is 1. The topological polar surface area (TPSA) is 136 Å². The molecule has 2 aliphatic carbocycles. The average Bonchev–Trinajstić information content (AvgIpc) is 3.28. The zero-order valence-corrected chi connectivity index (χ0v) is 22.1. The van der Waals surface area contributed by atoms with Gasteiger partial charge in [-0.15, -0.1) is 11.6 Å². The number of carbonyl (C=O) groups is 4. The Labute approximate surface area is 220 Å². The Balaban J connectivity index is 1.98. The van der Waals surface area contributed by atoms with Crippen LogP contribution in [0.25, 0.3) is 0 Å². The summed E-state index contributed by atoms with van der Waals surface area (Å²) in [5.41, 5.74) is -0.611. The molecule has 0 amide bonds. The third kappa shape index (κ3) is 5.44. The van der Waals surface area contributed by atoms with Gasteiger partial charge in [0.05, 0.1) is 24.0 Å². The molecular formula is C27H33ClO9. The van der Waals surface area contributed by atoms with Crippen LogP contribution < -0.4 is 0 Å². The summed E-state index contributed by atoms with van der Waals surface area (Å²) in [4.78, 5) is 50.1. The Morgan fingerprint density at radius 1 is 1.22 bits per heavy atom. The first-order valence-electron chi connectivity index (χ1n) is 12.1. The maximum Gasteiger partial charge on any atom is 0.334 e. The summed E-state index contributed by atoms with van der Waals surface area (Å²) in [6.07, 6.45) is 1.42. The second-order valence-electron chi connectivity index (χ2n) is 9.73. The summed E-state index contributed by atoms with van der Waals surface area (Å²) in [5, 5.41) is 21.2. The van der Waals surface area contributed by atoms with Crippen LogP contribution in [0.15, 0.2) is 47.1 Å². The summed E-state index contributed by atoms with van der Waals surface area (Å²) < 4.78 is 17.0. The molecule has 1 aliphatic heterocycles. The van der Waals surface area contributed by atoms with Crippen molar-refractivity contribution in [2.24, 2.45) is 17.8 Å². The van der Waals surface area contributed by atoms with E-state index in [1.54, 1.807) is 26.8 Å². The molecule has 10 heteroatoms. The molecule has 3 aliphatic rings. The van der Waals surface area contributed by atoms with Gasteiger partial charge in [-0.2, -0.15) is 0 Å². The predicted molar refractivity (Wildman–Crippen MR) is 133 cm³/mol. The number of fused-ring (bicyclic) bond motifs is 3. The van der Waals surface area contributed by atoms with E-state index in [1.165, 1.54) is 19.1 Å². The zero-order chi connectivity index (χ0) is 27.7. The number of carbonyl (C=O) groups excluding carboxylic acids is 4. The fourth-order valence-corrected chi connectivity index (χ4v) is 5.99. The molecule has 0 radical (unpaired) electrons. The lowest BCUT2D eigenvalue weighted by Gasteiger charge is -2.38. The van der Waals surface area contributed by atoms with Gasteiger partial charge in [0.1, 0.15) is 18.3 Å². The molecule has 1 heterocycles. The van der Waals surface area contributed by atoms with Crippen LogP contribution >= 0.6 is 11.6 Å². The molecule has 0 bridgehead atoms. The van der Waals surface area contributed by atoms with Gasteiger partial charge < -0.3 is 24.4 Å².